The molecule has 1 unspecified atom stereocenters. The van der Waals surface area contributed by atoms with Crippen molar-refractivity contribution < 1.29 is 9.66 Å². The van der Waals surface area contributed by atoms with E-state index >= 15 is 0 Å². The first kappa shape index (κ1) is 13.9. The van der Waals surface area contributed by atoms with Gasteiger partial charge in [0.15, 0.2) is 0 Å². The molecule has 0 aliphatic heterocycles. The van der Waals surface area contributed by atoms with Crippen LogP contribution < -0.4 is 5.32 Å². The van der Waals surface area contributed by atoms with E-state index in [9.17, 15) is 10.1 Å². The Hall–Kier alpha value is -1.17. The predicted molar refractivity (Wildman–Crippen MR) is 66.3 cm³/mol. The first-order valence-corrected chi connectivity index (χ1v) is 5.61. The molecule has 0 radical (unpaired) electrons. The number of nitrogens with one attached hydrogen (secondary N) is 1. The van der Waals surface area contributed by atoms with Gasteiger partial charge in [-0.1, -0.05) is 11.6 Å². The van der Waals surface area contributed by atoms with Crippen LogP contribution in [0.2, 0.25) is 5.02 Å². The lowest BCUT2D eigenvalue weighted by Crippen LogP contribution is -2.23. The molecule has 0 saturated heterocycles. The van der Waals surface area contributed by atoms with Gasteiger partial charge in [-0.05, 0) is 26.1 Å². The Balaban J connectivity index is 2.73. The van der Waals surface area contributed by atoms with Crippen molar-refractivity contribution in [1.29, 1.82) is 0 Å². The molecule has 1 atom stereocenters. The van der Waals surface area contributed by atoms with E-state index in [1.165, 1.54) is 6.07 Å². The van der Waals surface area contributed by atoms with Gasteiger partial charge in [0.2, 0.25) is 0 Å². The fourth-order valence-corrected chi connectivity index (χ4v) is 1.57. The summed E-state index contributed by atoms with van der Waals surface area (Å²) in [5.74, 6) is 0. The molecule has 1 rings (SSSR count). The first-order chi connectivity index (χ1) is 8.04. The van der Waals surface area contributed by atoms with E-state index in [0.717, 1.165) is 0 Å². The molecule has 0 saturated carbocycles. The smallest absolute Gasteiger partial charge is 0.276 e. The summed E-state index contributed by atoms with van der Waals surface area (Å²) in [6, 6.07) is 4.57. The third-order valence-electron chi connectivity index (χ3n) is 2.26. The maximum Gasteiger partial charge on any atom is 0.276 e. The summed E-state index contributed by atoms with van der Waals surface area (Å²) in [6.07, 6.45) is -0.00437. The van der Waals surface area contributed by atoms with Crippen LogP contribution in [0.5, 0.6) is 0 Å². The summed E-state index contributed by atoms with van der Waals surface area (Å²) in [5, 5.41) is 14.1. The Morgan fingerprint density at radius 2 is 2.29 bits per heavy atom. The highest BCUT2D eigenvalue weighted by atomic mass is 35.5. The molecule has 1 N–H and O–H groups in total. The number of nitrogens with zero attached hydrogens (tertiary/aromatic N) is 1. The topological polar surface area (TPSA) is 64.4 Å². The zero-order valence-corrected chi connectivity index (χ0v) is 10.5. The number of ether oxygens (including phenoxy) is 1. The molecule has 94 valence electrons. The third kappa shape index (κ3) is 4.30. The second-order valence-corrected chi connectivity index (χ2v) is 4.15. The molecule has 0 amide bonds. The van der Waals surface area contributed by atoms with Gasteiger partial charge in [0.25, 0.3) is 5.69 Å². The van der Waals surface area contributed by atoms with Crippen LogP contribution >= 0.6 is 11.6 Å². The normalized spacial score (nSPS) is 12.4. The van der Waals surface area contributed by atoms with Gasteiger partial charge in [0, 0.05) is 17.6 Å². The predicted octanol–water partition coefficient (Wildman–Crippen LogP) is 2.37. The SMILES string of the molecule is CNCC(C)OCc1ccc(Cl)cc1[N+](=O)[O-]. The van der Waals surface area contributed by atoms with Gasteiger partial charge in [0.05, 0.1) is 23.2 Å². The highest BCUT2D eigenvalue weighted by Gasteiger charge is 2.15. The van der Waals surface area contributed by atoms with E-state index < -0.39 is 4.92 Å². The Morgan fingerprint density at radius 3 is 2.88 bits per heavy atom. The van der Waals surface area contributed by atoms with E-state index in [4.69, 9.17) is 16.3 Å². The highest BCUT2D eigenvalue weighted by molar-refractivity contribution is 6.30. The van der Waals surface area contributed by atoms with Crippen molar-refractivity contribution in [3.8, 4) is 0 Å². The second kappa shape index (κ2) is 6.54. The lowest BCUT2D eigenvalue weighted by atomic mass is 10.2. The van der Waals surface area contributed by atoms with E-state index in [1.807, 2.05) is 14.0 Å². The van der Waals surface area contributed by atoms with Gasteiger partial charge in [-0.25, -0.2) is 0 Å². The highest BCUT2D eigenvalue weighted by Crippen LogP contribution is 2.24. The zero-order valence-electron chi connectivity index (χ0n) is 9.77. The number of halogens is 1. The van der Waals surface area contributed by atoms with Gasteiger partial charge < -0.3 is 10.1 Å². The minimum absolute atomic E-state index is 0.00437. The molecule has 0 aromatic heterocycles. The van der Waals surface area contributed by atoms with Gasteiger partial charge in [-0.15, -0.1) is 0 Å². The molecule has 5 nitrogen and oxygen atoms in total. The van der Waals surface area contributed by atoms with Crippen LogP contribution in [0.3, 0.4) is 0 Å². The number of likely N-dealkylation sites (N-methyl/N-ethyl adjacent to an activating group) is 1. The molecule has 0 aliphatic rings. The number of hydrogen-bond acceptors (Lipinski definition) is 4. The van der Waals surface area contributed by atoms with Crippen molar-refractivity contribution in [3.63, 3.8) is 0 Å². The van der Waals surface area contributed by atoms with Gasteiger partial charge in [-0.3, -0.25) is 10.1 Å². The van der Waals surface area contributed by atoms with Crippen molar-refractivity contribution >= 4 is 17.3 Å². The Bertz CT molecular complexity index is 398. The summed E-state index contributed by atoms with van der Waals surface area (Å²) in [4.78, 5) is 10.4. The van der Waals surface area contributed by atoms with E-state index in [2.05, 4.69) is 5.32 Å². The van der Waals surface area contributed by atoms with Crippen LogP contribution in [0, 0.1) is 10.1 Å². The van der Waals surface area contributed by atoms with Gasteiger partial charge >= 0.3 is 0 Å². The van der Waals surface area contributed by atoms with E-state index in [0.29, 0.717) is 17.1 Å². The Labute approximate surface area is 105 Å². The fraction of sp³-hybridized carbons (Fsp3) is 0.455. The zero-order chi connectivity index (χ0) is 12.8. The number of rotatable bonds is 6. The number of benzene rings is 1. The summed E-state index contributed by atoms with van der Waals surface area (Å²) < 4.78 is 5.49. The van der Waals surface area contributed by atoms with Crippen LogP contribution in [-0.4, -0.2) is 24.6 Å². The number of nitro groups is 1. The van der Waals surface area contributed by atoms with E-state index in [1.54, 1.807) is 12.1 Å². The van der Waals surface area contributed by atoms with Crippen LogP contribution in [0.25, 0.3) is 0 Å². The number of nitro benzene ring substituents is 1. The lowest BCUT2D eigenvalue weighted by Gasteiger charge is -2.12. The van der Waals surface area contributed by atoms with Crippen molar-refractivity contribution in [3.05, 3.63) is 38.9 Å². The van der Waals surface area contributed by atoms with Crippen LogP contribution in [0.4, 0.5) is 5.69 Å². The van der Waals surface area contributed by atoms with Crippen molar-refractivity contribution in [2.24, 2.45) is 0 Å². The average Bonchev–Trinajstić information content (AvgIpc) is 2.27. The first-order valence-electron chi connectivity index (χ1n) is 5.23. The minimum atomic E-state index is -0.451. The van der Waals surface area contributed by atoms with Crippen LogP contribution in [0.15, 0.2) is 18.2 Å². The van der Waals surface area contributed by atoms with Crippen molar-refractivity contribution in [2.45, 2.75) is 19.6 Å². The molecular weight excluding hydrogens is 244 g/mol. The molecular formula is C11H15ClN2O3. The Morgan fingerprint density at radius 1 is 1.59 bits per heavy atom. The van der Waals surface area contributed by atoms with E-state index in [-0.39, 0.29) is 18.4 Å². The molecule has 6 heteroatoms. The molecule has 0 spiro atoms. The van der Waals surface area contributed by atoms with Crippen molar-refractivity contribution in [1.82, 2.24) is 5.32 Å². The van der Waals surface area contributed by atoms with Crippen LogP contribution in [0.1, 0.15) is 12.5 Å². The third-order valence-corrected chi connectivity index (χ3v) is 2.49. The molecule has 1 aromatic carbocycles. The average molecular weight is 259 g/mol. The molecule has 0 fully saturated rings. The molecule has 0 aliphatic carbocycles. The standard InChI is InChI=1S/C11H15ClN2O3/c1-8(6-13-2)17-7-9-3-4-10(12)5-11(9)14(15)16/h3-5,8,13H,6-7H2,1-2H3. The fourth-order valence-electron chi connectivity index (χ4n) is 1.41. The molecule has 0 bridgehead atoms. The summed E-state index contributed by atoms with van der Waals surface area (Å²) in [5.41, 5.74) is 0.525. The van der Waals surface area contributed by atoms with Crippen LogP contribution in [-0.2, 0) is 11.3 Å². The second-order valence-electron chi connectivity index (χ2n) is 3.71. The largest absolute Gasteiger partial charge is 0.372 e. The minimum Gasteiger partial charge on any atom is -0.372 e. The van der Waals surface area contributed by atoms with Gasteiger partial charge in [-0.2, -0.15) is 0 Å². The molecule has 0 heterocycles. The summed E-state index contributed by atoms with van der Waals surface area (Å²) in [7, 11) is 1.82. The van der Waals surface area contributed by atoms with Crippen molar-refractivity contribution in [2.75, 3.05) is 13.6 Å². The van der Waals surface area contributed by atoms with Gasteiger partial charge in [0.1, 0.15) is 0 Å². The summed E-state index contributed by atoms with van der Waals surface area (Å²) >= 11 is 5.72. The Kier molecular flexibility index (Phi) is 5.34. The summed E-state index contributed by atoms with van der Waals surface area (Å²) in [6.45, 7) is 2.80. The number of hydrogen-bond donors (Lipinski definition) is 1. The molecule has 1 aromatic rings. The maximum absolute atomic E-state index is 10.8. The lowest BCUT2D eigenvalue weighted by molar-refractivity contribution is -0.386. The maximum atomic E-state index is 10.8. The monoisotopic (exact) mass is 258 g/mol. The quantitative estimate of drug-likeness (QED) is 0.628. The molecule has 17 heavy (non-hydrogen) atoms.